The molecule has 1 aromatic carbocycles. The number of aromatic nitrogens is 3. The van der Waals surface area contributed by atoms with Crippen LogP contribution in [0.3, 0.4) is 0 Å². The van der Waals surface area contributed by atoms with Gasteiger partial charge in [0.15, 0.2) is 5.65 Å². The van der Waals surface area contributed by atoms with Gasteiger partial charge in [0.1, 0.15) is 5.82 Å². The predicted molar refractivity (Wildman–Crippen MR) is 127 cm³/mol. The van der Waals surface area contributed by atoms with E-state index >= 15 is 0 Å². The Kier molecular flexibility index (Phi) is 7.01. The standard InChI is InChI=1S/C22H22BrN5OS/c23-19-15-24-28-21(14-20(27-22(19)28)16-6-3-1-2-4-7-16)26-17-8-10-18(11-9-17)30-25-12-5-13-29/h1,3-4,6-11,14-15,25-26,29H,2,5,12-13H2. The van der Waals surface area contributed by atoms with Gasteiger partial charge >= 0.3 is 0 Å². The lowest BCUT2D eigenvalue weighted by Gasteiger charge is -2.12. The van der Waals surface area contributed by atoms with Crippen LogP contribution in [0.25, 0.3) is 11.2 Å². The number of halogens is 1. The first-order chi connectivity index (χ1) is 14.7. The summed E-state index contributed by atoms with van der Waals surface area (Å²) in [7, 11) is 0. The smallest absolute Gasteiger partial charge is 0.172 e. The number of fused-ring (bicyclic) bond motifs is 1. The molecule has 154 valence electrons. The van der Waals surface area contributed by atoms with Crippen molar-refractivity contribution in [2.75, 3.05) is 18.5 Å². The van der Waals surface area contributed by atoms with E-state index in [1.54, 1.807) is 22.7 Å². The molecule has 3 aromatic rings. The Labute approximate surface area is 188 Å². The number of anilines is 2. The number of hydrogen-bond acceptors (Lipinski definition) is 6. The third-order valence-electron chi connectivity index (χ3n) is 4.46. The average molecular weight is 484 g/mol. The summed E-state index contributed by atoms with van der Waals surface area (Å²) >= 11 is 5.11. The van der Waals surface area contributed by atoms with Gasteiger partial charge < -0.3 is 10.4 Å². The van der Waals surface area contributed by atoms with Crippen LogP contribution in [0.4, 0.5) is 11.5 Å². The summed E-state index contributed by atoms with van der Waals surface area (Å²) in [6.07, 6.45) is 13.9. The minimum atomic E-state index is 0.200. The summed E-state index contributed by atoms with van der Waals surface area (Å²) in [5.41, 5.74) is 3.67. The highest BCUT2D eigenvalue weighted by molar-refractivity contribution is 9.10. The molecule has 0 unspecified atom stereocenters. The van der Waals surface area contributed by atoms with Gasteiger partial charge in [-0.05, 0) is 65.0 Å². The number of aliphatic hydroxyl groups is 1. The second-order valence-corrected chi connectivity index (χ2v) is 8.48. The van der Waals surface area contributed by atoms with Gasteiger partial charge in [0.25, 0.3) is 0 Å². The number of rotatable bonds is 8. The molecule has 0 radical (unpaired) electrons. The molecule has 2 aromatic heterocycles. The van der Waals surface area contributed by atoms with E-state index < -0.39 is 0 Å². The van der Waals surface area contributed by atoms with Crippen molar-refractivity contribution in [3.63, 3.8) is 0 Å². The SMILES string of the molecule is OCCCNSc1ccc(Nc2cc(C3=CC=CCC=C3)nc3c(Br)cnn23)cc1. The maximum Gasteiger partial charge on any atom is 0.172 e. The summed E-state index contributed by atoms with van der Waals surface area (Å²) < 4.78 is 5.88. The largest absolute Gasteiger partial charge is 0.396 e. The molecule has 0 fully saturated rings. The second kappa shape index (κ2) is 10.1. The van der Waals surface area contributed by atoms with Crippen molar-refractivity contribution in [1.29, 1.82) is 0 Å². The summed E-state index contributed by atoms with van der Waals surface area (Å²) in [5, 5.41) is 16.8. The monoisotopic (exact) mass is 483 g/mol. The van der Waals surface area contributed by atoms with Gasteiger partial charge in [0.2, 0.25) is 0 Å². The van der Waals surface area contributed by atoms with E-state index in [0.717, 1.165) is 57.2 Å². The predicted octanol–water partition coefficient (Wildman–Crippen LogP) is 5.11. The Morgan fingerprint density at radius 2 is 2.07 bits per heavy atom. The Morgan fingerprint density at radius 1 is 1.20 bits per heavy atom. The molecule has 0 spiro atoms. The molecule has 1 aliphatic carbocycles. The van der Waals surface area contributed by atoms with E-state index in [1.165, 1.54) is 0 Å². The Morgan fingerprint density at radius 3 is 2.90 bits per heavy atom. The van der Waals surface area contributed by atoms with Crippen molar-refractivity contribution in [3.05, 3.63) is 77.1 Å². The fourth-order valence-electron chi connectivity index (χ4n) is 2.96. The van der Waals surface area contributed by atoms with Crippen molar-refractivity contribution in [3.8, 4) is 0 Å². The highest BCUT2D eigenvalue weighted by Gasteiger charge is 2.12. The maximum absolute atomic E-state index is 8.85. The number of benzene rings is 1. The van der Waals surface area contributed by atoms with Gasteiger partial charge in [-0.3, -0.25) is 4.72 Å². The lowest BCUT2D eigenvalue weighted by molar-refractivity contribution is 0.290. The van der Waals surface area contributed by atoms with Crippen LogP contribution in [0.2, 0.25) is 0 Å². The number of nitrogens with one attached hydrogen (secondary N) is 2. The van der Waals surface area contributed by atoms with E-state index in [9.17, 15) is 0 Å². The topological polar surface area (TPSA) is 74.5 Å². The Hall–Kier alpha value is -2.39. The van der Waals surface area contributed by atoms with Crippen molar-refractivity contribution in [1.82, 2.24) is 19.3 Å². The van der Waals surface area contributed by atoms with Crippen LogP contribution in [0.1, 0.15) is 18.5 Å². The van der Waals surface area contributed by atoms with Gasteiger partial charge in [-0.25, -0.2) is 4.98 Å². The molecule has 0 amide bonds. The van der Waals surface area contributed by atoms with E-state index in [1.807, 2.05) is 18.2 Å². The molecule has 6 nitrogen and oxygen atoms in total. The van der Waals surface area contributed by atoms with Gasteiger partial charge in [-0.2, -0.15) is 9.61 Å². The fraction of sp³-hybridized carbons (Fsp3) is 0.182. The summed E-state index contributed by atoms with van der Waals surface area (Å²) in [6.45, 7) is 0.970. The molecule has 4 rings (SSSR count). The first-order valence-electron chi connectivity index (χ1n) is 9.70. The van der Waals surface area contributed by atoms with Crippen LogP contribution < -0.4 is 10.0 Å². The van der Waals surface area contributed by atoms with Crippen LogP contribution in [0.5, 0.6) is 0 Å². The van der Waals surface area contributed by atoms with E-state index in [2.05, 4.69) is 73.6 Å². The third-order valence-corrected chi connectivity index (χ3v) is 5.88. The van der Waals surface area contributed by atoms with Crippen molar-refractivity contribution in [2.45, 2.75) is 17.7 Å². The van der Waals surface area contributed by atoms with Crippen molar-refractivity contribution < 1.29 is 5.11 Å². The number of allylic oxidation sites excluding steroid dienone is 6. The highest BCUT2D eigenvalue weighted by atomic mass is 79.9. The Balaban J connectivity index is 1.59. The van der Waals surface area contributed by atoms with Crippen LogP contribution in [-0.2, 0) is 0 Å². The molecule has 0 atom stereocenters. The summed E-state index contributed by atoms with van der Waals surface area (Å²) in [5.74, 6) is 0.838. The first-order valence-corrected chi connectivity index (χ1v) is 11.3. The molecular formula is C22H22BrN5OS. The van der Waals surface area contributed by atoms with Crippen LogP contribution in [0.15, 0.2) is 76.3 Å². The van der Waals surface area contributed by atoms with Gasteiger partial charge in [0, 0.05) is 35.4 Å². The average Bonchev–Trinajstić information content (AvgIpc) is 2.97. The lowest BCUT2D eigenvalue weighted by atomic mass is 10.1. The van der Waals surface area contributed by atoms with Crippen LogP contribution in [0, 0.1) is 0 Å². The number of hydrogen-bond donors (Lipinski definition) is 3. The quantitative estimate of drug-likeness (QED) is 0.305. The normalized spacial score (nSPS) is 13.5. The van der Waals surface area contributed by atoms with E-state index in [4.69, 9.17) is 10.1 Å². The number of aliphatic hydroxyl groups excluding tert-OH is 1. The van der Waals surface area contributed by atoms with Crippen LogP contribution >= 0.6 is 27.9 Å². The summed E-state index contributed by atoms with van der Waals surface area (Å²) in [6, 6.07) is 10.2. The zero-order valence-electron chi connectivity index (χ0n) is 16.3. The van der Waals surface area contributed by atoms with Crippen LogP contribution in [-0.4, -0.2) is 32.9 Å². The molecule has 1 aliphatic rings. The van der Waals surface area contributed by atoms with Gasteiger partial charge in [-0.1, -0.05) is 30.4 Å². The maximum atomic E-state index is 8.85. The lowest BCUT2D eigenvalue weighted by Crippen LogP contribution is -2.06. The molecule has 0 saturated carbocycles. The van der Waals surface area contributed by atoms with E-state index in [0.29, 0.717) is 0 Å². The molecular weight excluding hydrogens is 462 g/mol. The third kappa shape index (κ3) is 5.02. The molecule has 8 heteroatoms. The minimum Gasteiger partial charge on any atom is -0.396 e. The first kappa shape index (κ1) is 20.9. The summed E-state index contributed by atoms with van der Waals surface area (Å²) in [4.78, 5) is 5.91. The fourth-order valence-corrected chi connectivity index (χ4v) is 4.00. The molecule has 2 heterocycles. The van der Waals surface area contributed by atoms with Gasteiger partial charge in [-0.15, -0.1) is 0 Å². The second-order valence-electron chi connectivity index (χ2n) is 6.67. The molecule has 30 heavy (non-hydrogen) atoms. The Bertz CT molecular complexity index is 1100. The minimum absolute atomic E-state index is 0.200. The molecule has 0 aliphatic heterocycles. The molecule has 0 bridgehead atoms. The zero-order valence-corrected chi connectivity index (χ0v) is 18.7. The highest BCUT2D eigenvalue weighted by Crippen LogP contribution is 2.27. The molecule has 3 N–H and O–H groups in total. The van der Waals surface area contributed by atoms with Gasteiger partial charge in [0.05, 0.1) is 16.4 Å². The van der Waals surface area contributed by atoms with E-state index in [-0.39, 0.29) is 6.61 Å². The zero-order chi connectivity index (χ0) is 20.8. The number of nitrogens with zero attached hydrogens (tertiary/aromatic N) is 3. The van der Waals surface area contributed by atoms with Crippen molar-refractivity contribution in [2.24, 2.45) is 0 Å². The van der Waals surface area contributed by atoms with Crippen molar-refractivity contribution >= 4 is 50.6 Å². The molecule has 0 saturated heterocycles.